The number of rotatable bonds is 5. The fourth-order valence-electron chi connectivity index (χ4n) is 1.84. The summed E-state index contributed by atoms with van der Waals surface area (Å²) in [6.45, 7) is 0.476. The van der Waals surface area contributed by atoms with Crippen LogP contribution in [0.4, 0.5) is 0 Å². The maximum Gasteiger partial charge on any atom is 0.219 e. The van der Waals surface area contributed by atoms with E-state index < -0.39 is 0 Å². The predicted molar refractivity (Wildman–Crippen MR) is 54.9 cm³/mol. The molecule has 0 spiro atoms. The number of amides is 1. The van der Waals surface area contributed by atoms with E-state index in [9.17, 15) is 4.79 Å². The highest BCUT2D eigenvalue weighted by Crippen LogP contribution is 2.20. The molecular weight excluding hydrogens is 180 g/mol. The van der Waals surface area contributed by atoms with Gasteiger partial charge in [0.2, 0.25) is 5.91 Å². The summed E-state index contributed by atoms with van der Waals surface area (Å²) in [7, 11) is 2.00. The van der Waals surface area contributed by atoms with Gasteiger partial charge in [-0.3, -0.25) is 4.79 Å². The number of hydrogen-bond donors (Lipinski definition) is 2. The summed E-state index contributed by atoms with van der Waals surface area (Å²) in [5, 5.41) is 3.27. The van der Waals surface area contributed by atoms with Crippen LogP contribution >= 0.6 is 0 Å². The first-order valence-corrected chi connectivity index (χ1v) is 5.29. The Bertz CT molecular complexity index is 177. The third-order valence-electron chi connectivity index (χ3n) is 2.78. The van der Waals surface area contributed by atoms with Crippen LogP contribution in [-0.2, 0) is 9.53 Å². The van der Waals surface area contributed by atoms with Crippen LogP contribution in [0.15, 0.2) is 0 Å². The standard InChI is InChI=1S/C10H20N2O2/c1-12-8-2-4-9(5-3-8)14-7-6-10(11)13/h8-9,12H,2-7H2,1H3,(H2,11,13). The van der Waals surface area contributed by atoms with Gasteiger partial charge < -0.3 is 15.8 Å². The summed E-state index contributed by atoms with van der Waals surface area (Å²) in [5.41, 5.74) is 5.02. The van der Waals surface area contributed by atoms with Crippen LogP contribution in [-0.4, -0.2) is 31.7 Å². The van der Waals surface area contributed by atoms with Crippen molar-refractivity contribution in [3.63, 3.8) is 0 Å². The average Bonchev–Trinajstić information content (AvgIpc) is 2.18. The van der Waals surface area contributed by atoms with Crippen LogP contribution in [0.3, 0.4) is 0 Å². The van der Waals surface area contributed by atoms with Gasteiger partial charge in [-0.25, -0.2) is 0 Å². The van der Waals surface area contributed by atoms with Gasteiger partial charge in [-0.15, -0.1) is 0 Å². The van der Waals surface area contributed by atoms with Crippen LogP contribution in [0.25, 0.3) is 0 Å². The molecule has 14 heavy (non-hydrogen) atoms. The molecular formula is C10H20N2O2. The van der Waals surface area contributed by atoms with Gasteiger partial charge in [0, 0.05) is 12.5 Å². The first-order chi connectivity index (χ1) is 6.72. The summed E-state index contributed by atoms with van der Waals surface area (Å²) in [6, 6.07) is 0.644. The number of carbonyl (C=O) groups excluding carboxylic acids is 1. The van der Waals surface area contributed by atoms with Gasteiger partial charge in [-0.1, -0.05) is 0 Å². The molecule has 4 heteroatoms. The lowest BCUT2D eigenvalue weighted by atomic mass is 9.93. The zero-order chi connectivity index (χ0) is 10.4. The van der Waals surface area contributed by atoms with Crippen molar-refractivity contribution in [3.8, 4) is 0 Å². The van der Waals surface area contributed by atoms with E-state index in [2.05, 4.69) is 5.32 Å². The van der Waals surface area contributed by atoms with E-state index in [0.29, 0.717) is 25.2 Å². The fourth-order valence-corrected chi connectivity index (χ4v) is 1.84. The molecule has 0 bridgehead atoms. The Hall–Kier alpha value is -0.610. The maximum absolute atomic E-state index is 10.5. The minimum atomic E-state index is -0.283. The van der Waals surface area contributed by atoms with Crippen molar-refractivity contribution in [1.29, 1.82) is 0 Å². The Balaban J connectivity index is 2.07. The minimum Gasteiger partial charge on any atom is -0.378 e. The molecule has 1 saturated carbocycles. The van der Waals surface area contributed by atoms with Gasteiger partial charge in [-0.05, 0) is 32.7 Å². The van der Waals surface area contributed by atoms with Crippen molar-refractivity contribution in [3.05, 3.63) is 0 Å². The third kappa shape index (κ3) is 4.07. The molecule has 0 aromatic rings. The first kappa shape index (κ1) is 11.5. The smallest absolute Gasteiger partial charge is 0.219 e. The monoisotopic (exact) mass is 200 g/mol. The van der Waals surface area contributed by atoms with Gasteiger partial charge in [0.15, 0.2) is 0 Å². The van der Waals surface area contributed by atoms with Crippen molar-refractivity contribution in [1.82, 2.24) is 5.32 Å². The van der Waals surface area contributed by atoms with Crippen molar-refractivity contribution < 1.29 is 9.53 Å². The van der Waals surface area contributed by atoms with E-state index in [1.807, 2.05) is 7.05 Å². The van der Waals surface area contributed by atoms with Crippen molar-refractivity contribution >= 4 is 5.91 Å². The number of carbonyl (C=O) groups is 1. The third-order valence-corrected chi connectivity index (χ3v) is 2.78. The van der Waals surface area contributed by atoms with Crippen molar-refractivity contribution in [2.24, 2.45) is 5.73 Å². The summed E-state index contributed by atoms with van der Waals surface area (Å²) in [4.78, 5) is 10.5. The largest absolute Gasteiger partial charge is 0.378 e. The number of ether oxygens (including phenoxy) is 1. The summed E-state index contributed by atoms with van der Waals surface area (Å²) < 4.78 is 5.56. The Kier molecular flexibility index (Phi) is 4.90. The first-order valence-electron chi connectivity index (χ1n) is 5.29. The molecule has 3 N–H and O–H groups in total. The predicted octanol–water partition coefficient (Wildman–Crippen LogP) is 0.409. The highest BCUT2D eigenvalue weighted by molar-refractivity contribution is 5.73. The van der Waals surface area contributed by atoms with E-state index >= 15 is 0 Å². The second-order valence-electron chi connectivity index (χ2n) is 3.85. The van der Waals surface area contributed by atoms with E-state index in [1.165, 1.54) is 0 Å². The summed E-state index contributed by atoms with van der Waals surface area (Å²) >= 11 is 0. The molecule has 0 aliphatic heterocycles. The van der Waals surface area contributed by atoms with Crippen molar-refractivity contribution in [2.45, 2.75) is 44.2 Å². The molecule has 0 aromatic carbocycles. The van der Waals surface area contributed by atoms with Gasteiger partial charge in [0.05, 0.1) is 12.7 Å². The molecule has 0 aromatic heterocycles. The van der Waals surface area contributed by atoms with E-state index in [-0.39, 0.29) is 5.91 Å². The molecule has 1 fully saturated rings. The van der Waals surface area contributed by atoms with Gasteiger partial charge in [0.1, 0.15) is 0 Å². The molecule has 1 aliphatic rings. The quantitative estimate of drug-likeness (QED) is 0.675. The normalized spacial score (nSPS) is 27.5. The van der Waals surface area contributed by atoms with Crippen LogP contribution in [0.5, 0.6) is 0 Å². The maximum atomic E-state index is 10.5. The lowest BCUT2D eigenvalue weighted by molar-refractivity contribution is -0.119. The molecule has 0 heterocycles. The Morgan fingerprint density at radius 3 is 2.57 bits per heavy atom. The Labute approximate surface area is 85.2 Å². The lowest BCUT2D eigenvalue weighted by Gasteiger charge is -2.28. The molecule has 1 rings (SSSR count). The zero-order valence-corrected chi connectivity index (χ0v) is 8.79. The lowest BCUT2D eigenvalue weighted by Crippen LogP contribution is -2.33. The van der Waals surface area contributed by atoms with Crippen molar-refractivity contribution in [2.75, 3.05) is 13.7 Å². The molecule has 1 aliphatic carbocycles. The highest BCUT2D eigenvalue weighted by atomic mass is 16.5. The number of primary amides is 1. The minimum absolute atomic E-state index is 0.283. The molecule has 4 nitrogen and oxygen atoms in total. The molecule has 82 valence electrons. The van der Waals surface area contributed by atoms with Gasteiger partial charge in [0.25, 0.3) is 0 Å². The molecule has 0 saturated heterocycles. The molecule has 1 amide bonds. The second kappa shape index (κ2) is 5.98. The van der Waals surface area contributed by atoms with Gasteiger partial charge >= 0.3 is 0 Å². The van der Waals surface area contributed by atoms with Crippen LogP contribution < -0.4 is 11.1 Å². The Morgan fingerprint density at radius 2 is 2.07 bits per heavy atom. The van der Waals surface area contributed by atoms with Gasteiger partial charge in [-0.2, -0.15) is 0 Å². The van der Waals surface area contributed by atoms with E-state index in [0.717, 1.165) is 25.7 Å². The summed E-state index contributed by atoms with van der Waals surface area (Å²) in [6.07, 6.45) is 5.18. The van der Waals surface area contributed by atoms with Crippen LogP contribution in [0.2, 0.25) is 0 Å². The molecule has 0 atom stereocenters. The second-order valence-corrected chi connectivity index (χ2v) is 3.85. The Morgan fingerprint density at radius 1 is 1.43 bits per heavy atom. The van der Waals surface area contributed by atoms with E-state index in [4.69, 9.17) is 10.5 Å². The highest BCUT2D eigenvalue weighted by Gasteiger charge is 2.20. The zero-order valence-electron chi connectivity index (χ0n) is 8.79. The SMILES string of the molecule is CNC1CCC(OCCC(N)=O)CC1. The van der Waals surface area contributed by atoms with Crippen LogP contribution in [0, 0.1) is 0 Å². The molecule has 0 unspecified atom stereocenters. The van der Waals surface area contributed by atoms with Crippen LogP contribution in [0.1, 0.15) is 32.1 Å². The number of nitrogens with one attached hydrogen (secondary N) is 1. The fraction of sp³-hybridized carbons (Fsp3) is 0.900. The topological polar surface area (TPSA) is 64.3 Å². The summed E-state index contributed by atoms with van der Waals surface area (Å²) in [5.74, 6) is -0.283. The number of hydrogen-bond acceptors (Lipinski definition) is 3. The number of nitrogens with two attached hydrogens (primary N) is 1. The molecule has 0 radical (unpaired) electrons. The average molecular weight is 200 g/mol. The van der Waals surface area contributed by atoms with E-state index in [1.54, 1.807) is 0 Å².